The summed E-state index contributed by atoms with van der Waals surface area (Å²) in [7, 11) is 4.16. The Morgan fingerprint density at radius 2 is 1.81 bits per heavy atom. The Hall–Kier alpha value is -1.19. The normalized spacial score (nSPS) is 11.6. The quantitative estimate of drug-likeness (QED) is 0.324. The van der Waals surface area contributed by atoms with Crippen molar-refractivity contribution >= 4 is 41.3 Å². The van der Waals surface area contributed by atoms with Crippen LogP contribution in [0.2, 0.25) is 0 Å². The van der Waals surface area contributed by atoms with E-state index in [2.05, 4.69) is 85.0 Å². The molecule has 1 aromatic carbocycles. The van der Waals surface area contributed by atoms with E-state index in [9.17, 15) is 0 Å². The Labute approximate surface area is 184 Å². The minimum Gasteiger partial charge on any atom is -0.357 e. The van der Waals surface area contributed by atoms with Gasteiger partial charge in [-0.15, -0.1) is 35.3 Å². The van der Waals surface area contributed by atoms with E-state index in [-0.39, 0.29) is 24.0 Å². The molecule has 0 spiro atoms. The Morgan fingerprint density at radius 3 is 2.37 bits per heavy atom. The lowest BCUT2D eigenvalue weighted by molar-refractivity contribution is 0.402. The highest BCUT2D eigenvalue weighted by atomic mass is 127. The molecule has 0 aliphatic carbocycles. The van der Waals surface area contributed by atoms with Gasteiger partial charge in [0.2, 0.25) is 0 Å². The van der Waals surface area contributed by atoms with Crippen LogP contribution in [0.3, 0.4) is 0 Å². The molecule has 0 saturated carbocycles. The van der Waals surface area contributed by atoms with Crippen LogP contribution in [0.25, 0.3) is 0 Å². The number of hydrogen-bond donors (Lipinski definition) is 2. The maximum Gasteiger partial charge on any atom is 0.191 e. The standard InChI is InChI=1S/C20H31N5S.HI/c1-6-21-20(23-12-19-24-18(14-26-19)15(2)3)22-11-16-7-9-17(10-8-16)13-25(4)5;/h7-10,14-15H,6,11-13H2,1-5H3,(H2,21,22,23);1H. The van der Waals surface area contributed by atoms with E-state index in [1.54, 1.807) is 11.3 Å². The number of aromatic nitrogens is 1. The van der Waals surface area contributed by atoms with Crippen LogP contribution < -0.4 is 10.6 Å². The van der Waals surface area contributed by atoms with E-state index < -0.39 is 0 Å². The first-order valence-corrected chi connectivity index (χ1v) is 10.0. The summed E-state index contributed by atoms with van der Waals surface area (Å²) in [5.41, 5.74) is 3.69. The predicted molar refractivity (Wildman–Crippen MR) is 127 cm³/mol. The van der Waals surface area contributed by atoms with E-state index >= 15 is 0 Å². The molecule has 150 valence electrons. The largest absolute Gasteiger partial charge is 0.357 e. The van der Waals surface area contributed by atoms with E-state index in [1.165, 1.54) is 11.1 Å². The van der Waals surface area contributed by atoms with Crippen molar-refractivity contribution in [1.29, 1.82) is 0 Å². The minimum atomic E-state index is 0. The number of benzene rings is 1. The van der Waals surface area contributed by atoms with E-state index in [0.717, 1.165) is 29.8 Å². The molecule has 0 aliphatic rings. The summed E-state index contributed by atoms with van der Waals surface area (Å²) >= 11 is 1.70. The molecular weight excluding hydrogens is 469 g/mol. The van der Waals surface area contributed by atoms with Gasteiger partial charge in [-0.2, -0.15) is 0 Å². The number of guanidine groups is 1. The van der Waals surface area contributed by atoms with Gasteiger partial charge in [0.25, 0.3) is 0 Å². The first kappa shape index (κ1) is 23.8. The van der Waals surface area contributed by atoms with Gasteiger partial charge in [0.1, 0.15) is 5.01 Å². The summed E-state index contributed by atoms with van der Waals surface area (Å²) in [5, 5.41) is 9.91. The average Bonchev–Trinajstić information content (AvgIpc) is 3.07. The minimum absolute atomic E-state index is 0. The molecule has 0 aliphatic heterocycles. The lowest BCUT2D eigenvalue weighted by Gasteiger charge is -2.11. The SMILES string of the molecule is CCNC(=NCc1ccc(CN(C)C)cc1)NCc1nc(C(C)C)cs1.I. The molecule has 5 nitrogen and oxygen atoms in total. The van der Waals surface area contributed by atoms with Crippen molar-refractivity contribution in [3.8, 4) is 0 Å². The smallest absolute Gasteiger partial charge is 0.191 e. The number of nitrogens with zero attached hydrogens (tertiary/aromatic N) is 3. The number of rotatable bonds is 8. The van der Waals surface area contributed by atoms with Crippen molar-refractivity contribution in [2.24, 2.45) is 4.99 Å². The second-order valence-corrected chi connectivity index (χ2v) is 7.87. The zero-order chi connectivity index (χ0) is 18.9. The number of nitrogens with one attached hydrogen (secondary N) is 2. The van der Waals surface area contributed by atoms with Gasteiger partial charge in [-0.3, -0.25) is 0 Å². The van der Waals surface area contributed by atoms with Gasteiger partial charge in [0.15, 0.2) is 5.96 Å². The second kappa shape index (κ2) is 12.3. The van der Waals surface area contributed by atoms with Gasteiger partial charge in [0, 0.05) is 18.5 Å². The number of halogens is 1. The lowest BCUT2D eigenvalue weighted by Crippen LogP contribution is -2.36. The third kappa shape index (κ3) is 8.57. The maximum atomic E-state index is 4.69. The van der Waals surface area contributed by atoms with Crippen molar-refractivity contribution in [3.63, 3.8) is 0 Å². The molecule has 0 fully saturated rings. The molecule has 7 heteroatoms. The molecule has 27 heavy (non-hydrogen) atoms. The van der Waals surface area contributed by atoms with Crippen LogP contribution in [0.4, 0.5) is 0 Å². The first-order valence-electron chi connectivity index (χ1n) is 9.17. The first-order chi connectivity index (χ1) is 12.5. The zero-order valence-corrected chi connectivity index (χ0v) is 20.1. The van der Waals surface area contributed by atoms with E-state index in [0.29, 0.717) is 19.0 Å². The zero-order valence-electron chi connectivity index (χ0n) is 17.0. The Balaban J connectivity index is 0.00000364. The summed E-state index contributed by atoms with van der Waals surface area (Å²) in [6.07, 6.45) is 0. The van der Waals surface area contributed by atoms with Gasteiger partial charge in [-0.25, -0.2) is 9.98 Å². The highest BCUT2D eigenvalue weighted by Gasteiger charge is 2.06. The van der Waals surface area contributed by atoms with E-state index in [1.807, 2.05) is 0 Å². The van der Waals surface area contributed by atoms with Crippen LogP contribution in [0, 0.1) is 0 Å². The molecule has 2 N–H and O–H groups in total. The molecule has 0 unspecified atom stereocenters. The lowest BCUT2D eigenvalue weighted by atomic mass is 10.1. The molecule has 0 saturated heterocycles. The number of aliphatic imine (C=N–C) groups is 1. The van der Waals surface area contributed by atoms with Crippen LogP contribution in [-0.4, -0.2) is 36.5 Å². The van der Waals surface area contributed by atoms with Gasteiger partial charge in [-0.05, 0) is 38.1 Å². The Bertz CT molecular complexity index is 695. The third-order valence-electron chi connectivity index (χ3n) is 3.85. The van der Waals surface area contributed by atoms with Crippen LogP contribution in [0.5, 0.6) is 0 Å². The molecule has 2 aromatic rings. The fourth-order valence-corrected chi connectivity index (χ4v) is 3.35. The number of hydrogen-bond acceptors (Lipinski definition) is 4. The third-order valence-corrected chi connectivity index (χ3v) is 4.72. The average molecular weight is 501 g/mol. The van der Waals surface area contributed by atoms with Gasteiger partial charge in [-0.1, -0.05) is 38.1 Å². The molecule has 0 bridgehead atoms. The predicted octanol–water partition coefficient (Wildman–Crippen LogP) is 4.20. The summed E-state index contributed by atoms with van der Waals surface area (Å²) in [6, 6.07) is 8.66. The summed E-state index contributed by atoms with van der Waals surface area (Å²) in [4.78, 5) is 11.5. The molecule has 0 radical (unpaired) electrons. The topological polar surface area (TPSA) is 52.6 Å². The van der Waals surface area contributed by atoms with Crippen LogP contribution in [0.15, 0.2) is 34.6 Å². The summed E-state index contributed by atoms with van der Waals surface area (Å²) in [6.45, 7) is 9.57. The molecule has 2 rings (SSSR count). The monoisotopic (exact) mass is 501 g/mol. The van der Waals surface area contributed by atoms with Gasteiger partial charge < -0.3 is 15.5 Å². The Morgan fingerprint density at radius 1 is 1.15 bits per heavy atom. The highest BCUT2D eigenvalue weighted by molar-refractivity contribution is 14.0. The Kier molecular flexibility index (Phi) is 10.9. The van der Waals surface area contributed by atoms with E-state index in [4.69, 9.17) is 4.99 Å². The second-order valence-electron chi connectivity index (χ2n) is 6.92. The van der Waals surface area contributed by atoms with Crippen LogP contribution in [0.1, 0.15) is 48.5 Å². The molecular formula is C20H32IN5S. The molecule has 1 aromatic heterocycles. The molecule has 1 heterocycles. The van der Waals surface area contributed by atoms with Crippen molar-refractivity contribution < 1.29 is 0 Å². The van der Waals surface area contributed by atoms with Crippen LogP contribution >= 0.6 is 35.3 Å². The number of thiazole rings is 1. The van der Waals surface area contributed by atoms with Crippen LogP contribution in [-0.2, 0) is 19.6 Å². The summed E-state index contributed by atoms with van der Waals surface area (Å²) < 4.78 is 0. The molecule has 0 atom stereocenters. The van der Waals surface area contributed by atoms with Crippen molar-refractivity contribution in [2.75, 3.05) is 20.6 Å². The molecule has 0 amide bonds. The summed E-state index contributed by atoms with van der Waals surface area (Å²) in [5.74, 6) is 1.29. The van der Waals surface area contributed by atoms with Crippen molar-refractivity contribution in [1.82, 2.24) is 20.5 Å². The highest BCUT2D eigenvalue weighted by Crippen LogP contribution is 2.17. The fourth-order valence-electron chi connectivity index (χ4n) is 2.46. The van der Waals surface area contributed by atoms with Crippen molar-refractivity contribution in [2.45, 2.75) is 46.3 Å². The van der Waals surface area contributed by atoms with Gasteiger partial charge in [0.05, 0.1) is 18.8 Å². The van der Waals surface area contributed by atoms with Gasteiger partial charge >= 0.3 is 0 Å². The fraction of sp³-hybridized carbons (Fsp3) is 0.500. The van der Waals surface area contributed by atoms with Crippen molar-refractivity contribution in [3.05, 3.63) is 51.5 Å². The maximum absolute atomic E-state index is 4.69.